The van der Waals surface area contributed by atoms with Crippen LogP contribution in [0.2, 0.25) is 0 Å². The van der Waals surface area contributed by atoms with Crippen molar-refractivity contribution in [3.05, 3.63) is 71.5 Å². The summed E-state index contributed by atoms with van der Waals surface area (Å²) in [5.41, 5.74) is 4.29. The van der Waals surface area contributed by atoms with Gasteiger partial charge in [-0.05, 0) is 41.8 Å². The molecule has 0 radical (unpaired) electrons. The van der Waals surface area contributed by atoms with E-state index in [-0.39, 0.29) is 5.91 Å². The van der Waals surface area contributed by atoms with Gasteiger partial charge >= 0.3 is 0 Å². The maximum absolute atomic E-state index is 12.2. The summed E-state index contributed by atoms with van der Waals surface area (Å²) in [6, 6.07) is 15.4. The van der Waals surface area contributed by atoms with E-state index in [1.54, 1.807) is 12.3 Å². The molecule has 22 heavy (non-hydrogen) atoms. The molecule has 1 amide bonds. The smallest absolute Gasteiger partial charge is 0.270 e. The number of hydrogen-bond donors (Lipinski definition) is 1. The van der Waals surface area contributed by atoms with E-state index in [2.05, 4.69) is 34.3 Å². The van der Waals surface area contributed by atoms with Gasteiger partial charge in [-0.1, -0.05) is 31.2 Å². The first-order chi connectivity index (χ1) is 10.8. The molecule has 0 aliphatic carbocycles. The summed E-state index contributed by atoms with van der Waals surface area (Å²) < 4.78 is 0. The second-order valence-electron chi connectivity index (χ2n) is 5.09. The minimum atomic E-state index is -0.176. The molecule has 1 N–H and O–H groups in total. The number of fused-ring (bicyclic) bond motifs is 1. The molecule has 0 unspecified atom stereocenters. The molecule has 2 heterocycles. The van der Waals surface area contributed by atoms with E-state index in [0.29, 0.717) is 12.2 Å². The summed E-state index contributed by atoms with van der Waals surface area (Å²) in [6.07, 6.45) is 2.73. The predicted molar refractivity (Wildman–Crippen MR) is 86.5 cm³/mol. The van der Waals surface area contributed by atoms with Gasteiger partial charge in [-0.2, -0.15) is 0 Å². The molecule has 4 nitrogen and oxygen atoms in total. The Kier molecular flexibility index (Phi) is 4.10. The van der Waals surface area contributed by atoms with Crippen molar-refractivity contribution in [2.45, 2.75) is 19.9 Å². The van der Waals surface area contributed by atoms with Gasteiger partial charge in [0.25, 0.3) is 5.91 Å². The molecule has 0 aliphatic heterocycles. The minimum Gasteiger partial charge on any atom is -0.347 e. The molecule has 0 fully saturated rings. The van der Waals surface area contributed by atoms with Crippen LogP contribution >= 0.6 is 0 Å². The van der Waals surface area contributed by atoms with Crippen LogP contribution in [0.3, 0.4) is 0 Å². The van der Waals surface area contributed by atoms with Crippen LogP contribution < -0.4 is 5.32 Å². The van der Waals surface area contributed by atoms with Crippen LogP contribution in [0.25, 0.3) is 11.0 Å². The number of carbonyl (C=O) groups is 1. The zero-order valence-electron chi connectivity index (χ0n) is 12.4. The molecule has 3 rings (SSSR count). The number of pyridine rings is 2. The standard InChI is InChI=1S/C18H17N3O/c1-2-13-5-7-14(8-6-13)12-20-18(22)17-10-9-15-16(21-17)4-3-11-19-15/h3-11H,2,12H2,1H3,(H,20,22). The monoisotopic (exact) mass is 291 g/mol. The van der Waals surface area contributed by atoms with Gasteiger partial charge in [-0.25, -0.2) is 4.98 Å². The van der Waals surface area contributed by atoms with Crippen LogP contribution in [0.15, 0.2) is 54.7 Å². The Labute approximate surface area is 129 Å². The Morgan fingerprint density at radius 2 is 1.77 bits per heavy atom. The summed E-state index contributed by atoms with van der Waals surface area (Å²) in [5, 5.41) is 2.90. The third-order valence-electron chi connectivity index (χ3n) is 3.57. The van der Waals surface area contributed by atoms with Crippen molar-refractivity contribution >= 4 is 16.9 Å². The second-order valence-corrected chi connectivity index (χ2v) is 5.09. The summed E-state index contributed by atoms with van der Waals surface area (Å²) in [7, 11) is 0. The number of rotatable bonds is 4. The molecular formula is C18H17N3O. The van der Waals surface area contributed by atoms with Gasteiger partial charge in [-0.15, -0.1) is 0 Å². The molecule has 0 spiro atoms. The Hall–Kier alpha value is -2.75. The van der Waals surface area contributed by atoms with Crippen LogP contribution in [0.5, 0.6) is 0 Å². The molecule has 0 atom stereocenters. The Morgan fingerprint density at radius 3 is 2.55 bits per heavy atom. The van der Waals surface area contributed by atoms with Gasteiger partial charge < -0.3 is 5.32 Å². The first-order valence-corrected chi connectivity index (χ1v) is 7.34. The van der Waals surface area contributed by atoms with Crippen LogP contribution in [0, 0.1) is 0 Å². The minimum absolute atomic E-state index is 0.176. The lowest BCUT2D eigenvalue weighted by atomic mass is 10.1. The third kappa shape index (κ3) is 3.11. The summed E-state index contributed by atoms with van der Waals surface area (Å²) >= 11 is 0. The SMILES string of the molecule is CCc1ccc(CNC(=O)c2ccc3ncccc3n2)cc1. The molecule has 0 saturated carbocycles. The molecule has 1 aromatic carbocycles. The van der Waals surface area contributed by atoms with Crippen LogP contribution in [0.4, 0.5) is 0 Å². The van der Waals surface area contributed by atoms with E-state index in [4.69, 9.17) is 0 Å². The highest BCUT2D eigenvalue weighted by Gasteiger charge is 2.08. The summed E-state index contributed by atoms with van der Waals surface area (Å²) in [4.78, 5) is 20.7. The van der Waals surface area contributed by atoms with Crippen LogP contribution in [-0.2, 0) is 13.0 Å². The quantitative estimate of drug-likeness (QED) is 0.803. The average molecular weight is 291 g/mol. The first kappa shape index (κ1) is 14.2. The number of hydrogen-bond acceptors (Lipinski definition) is 3. The highest BCUT2D eigenvalue weighted by atomic mass is 16.1. The number of aryl methyl sites for hydroxylation is 1. The van der Waals surface area contributed by atoms with Gasteiger partial charge in [-0.3, -0.25) is 9.78 Å². The van der Waals surface area contributed by atoms with Gasteiger partial charge in [0, 0.05) is 12.7 Å². The fraction of sp³-hybridized carbons (Fsp3) is 0.167. The van der Waals surface area contributed by atoms with Gasteiger partial charge in [0.2, 0.25) is 0 Å². The van der Waals surface area contributed by atoms with E-state index in [9.17, 15) is 4.79 Å². The molecule has 0 saturated heterocycles. The Balaban J connectivity index is 1.69. The molecule has 0 aliphatic rings. The van der Waals surface area contributed by atoms with E-state index in [1.807, 2.05) is 30.3 Å². The maximum Gasteiger partial charge on any atom is 0.270 e. The second kappa shape index (κ2) is 6.35. The molecule has 4 heteroatoms. The number of amides is 1. The van der Waals surface area contributed by atoms with Gasteiger partial charge in [0.05, 0.1) is 11.0 Å². The lowest BCUT2D eigenvalue weighted by Crippen LogP contribution is -2.23. The van der Waals surface area contributed by atoms with E-state index in [0.717, 1.165) is 23.0 Å². The Morgan fingerprint density at radius 1 is 1.00 bits per heavy atom. The lowest BCUT2D eigenvalue weighted by Gasteiger charge is -2.06. The topological polar surface area (TPSA) is 54.9 Å². The summed E-state index contributed by atoms with van der Waals surface area (Å²) in [5.74, 6) is -0.176. The normalized spacial score (nSPS) is 10.6. The van der Waals surface area contributed by atoms with Crippen molar-refractivity contribution in [2.24, 2.45) is 0 Å². The fourth-order valence-electron chi connectivity index (χ4n) is 2.25. The van der Waals surface area contributed by atoms with Crippen LogP contribution in [-0.4, -0.2) is 15.9 Å². The van der Waals surface area contributed by atoms with Gasteiger partial charge in [0.1, 0.15) is 5.69 Å². The van der Waals surface area contributed by atoms with Crippen molar-refractivity contribution in [3.63, 3.8) is 0 Å². The molecule has 110 valence electrons. The number of nitrogens with one attached hydrogen (secondary N) is 1. The highest BCUT2D eigenvalue weighted by Crippen LogP contribution is 2.09. The number of aromatic nitrogens is 2. The summed E-state index contributed by atoms with van der Waals surface area (Å²) in [6.45, 7) is 2.62. The van der Waals surface area contributed by atoms with Crippen molar-refractivity contribution in [1.29, 1.82) is 0 Å². The van der Waals surface area contributed by atoms with E-state index >= 15 is 0 Å². The molecule has 2 aromatic heterocycles. The van der Waals surface area contributed by atoms with Crippen molar-refractivity contribution in [2.75, 3.05) is 0 Å². The average Bonchev–Trinajstić information content (AvgIpc) is 2.59. The number of benzene rings is 1. The molecule has 0 bridgehead atoms. The van der Waals surface area contributed by atoms with E-state index in [1.165, 1.54) is 5.56 Å². The zero-order valence-corrected chi connectivity index (χ0v) is 12.4. The largest absolute Gasteiger partial charge is 0.347 e. The van der Waals surface area contributed by atoms with Crippen molar-refractivity contribution < 1.29 is 4.79 Å². The molecular weight excluding hydrogens is 274 g/mol. The van der Waals surface area contributed by atoms with Crippen molar-refractivity contribution in [3.8, 4) is 0 Å². The maximum atomic E-state index is 12.2. The number of nitrogens with zero attached hydrogens (tertiary/aromatic N) is 2. The Bertz CT molecular complexity index is 797. The number of carbonyl (C=O) groups excluding carboxylic acids is 1. The third-order valence-corrected chi connectivity index (χ3v) is 3.57. The predicted octanol–water partition coefficient (Wildman–Crippen LogP) is 3.12. The lowest BCUT2D eigenvalue weighted by molar-refractivity contribution is 0.0946. The highest BCUT2D eigenvalue weighted by molar-refractivity contribution is 5.94. The van der Waals surface area contributed by atoms with Crippen molar-refractivity contribution in [1.82, 2.24) is 15.3 Å². The first-order valence-electron chi connectivity index (χ1n) is 7.34. The molecule has 3 aromatic rings. The zero-order chi connectivity index (χ0) is 15.4. The van der Waals surface area contributed by atoms with Crippen LogP contribution in [0.1, 0.15) is 28.5 Å². The fourth-order valence-corrected chi connectivity index (χ4v) is 2.25. The van der Waals surface area contributed by atoms with E-state index < -0.39 is 0 Å². The van der Waals surface area contributed by atoms with Gasteiger partial charge in [0.15, 0.2) is 0 Å².